The molecule has 0 saturated carbocycles. The van der Waals surface area contributed by atoms with Crippen molar-refractivity contribution >= 4 is 0 Å². The van der Waals surface area contributed by atoms with E-state index < -0.39 is 0 Å². The van der Waals surface area contributed by atoms with Gasteiger partial charge in [-0.15, -0.1) is 0 Å². The minimum atomic E-state index is -0.0870. The summed E-state index contributed by atoms with van der Waals surface area (Å²) >= 11 is 0. The van der Waals surface area contributed by atoms with Crippen LogP contribution in [0.2, 0.25) is 0 Å². The fraction of sp³-hybridized carbons (Fsp3) is 0.556. The van der Waals surface area contributed by atoms with E-state index in [0.717, 1.165) is 11.1 Å². The van der Waals surface area contributed by atoms with Crippen LogP contribution in [0.5, 0.6) is 5.75 Å². The highest BCUT2D eigenvalue weighted by molar-refractivity contribution is 5.51. The van der Waals surface area contributed by atoms with Crippen LogP contribution >= 0.6 is 0 Å². The molecule has 2 unspecified atom stereocenters. The van der Waals surface area contributed by atoms with Crippen LogP contribution in [0.4, 0.5) is 0 Å². The van der Waals surface area contributed by atoms with Gasteiger partial charge in [0.05, 0.1) is 12.2 Å². The molecule has 1 saturated heterocycles. The Balaban J connectivity index is 2.51. The highest BCUT2D eigenvalue weighted by Crippen LogP contribution is 2.42. The highest BCUT2D eigenvalue weighted by Gasteiger charge is 2.38. The number of phenolic OH excluding ortho intramolecular Hbond substituents is 1. The number of hydrogen-bond donors (Lipinski definition) is 3. The zero-order valence-electron chi connectivity index (χ0n) is 14.0. The molecule has 1 aromatic rings. The topological polar surface area (TPSA) is 54.2 Å². The Hall–Kier alpha value is -1.48. The second-order valence-corrected chi connectivity index (χ2v) is 7.96. The number of hydrogen-bond acceptors (Lipinski definition) is 3. The Bertz CT molecular complexity index is 514. The van der Waals surface area contributed by atoms with E-state index in [-0.39, 0.29) is 23.0 Å². The van der Waals surface area contributed by atoms with Crippen LogP contribution in [0, 0.1) is 0 Å². The van der Waals surface area contributed by atoms with Gasteiger partial charge >= 0.3 is 0 Å². The maximum Gasteiger partial charge on any atom is 0.123 e. The lowest BCUT2D eigenvalue weighted by Gasteiger charge is -2.28. The molecule has 0 spiro atoms. The first-order valence-corrected chi connectivity index (χ1v) is 7.56. The molecule has 1 heterocycles. The van der Waals surface area contributed by atoms with E-state index in [1.54, 1.807) is 6.20 Å². The van der Waals surface area contributed by atoms with Crippen molar-refractivity contribution in [2.75, 3.05) is 0 Å². The first-order chi connectivity index (χ1) is 9.55. The van der Waals surface area contributed by atoms with Gasteiger partial charge in [0.2, 0.25) is 0 Å². The molecule has 1 aliphatic heterocycles. The first-order valence-electron chi connectivity index (χ1n) is 7.56. The number of phenols is 1. The quantitative estimate of drug-likeness (QED) is 0.744. The van der Waals surface area contributed by atoms with Gasteiger partial charge < -0.3 is 10.4 Å². The second kappa shape index (κ2) is 5.06. The molecule has 116 valence electrons. The van der Waals surface area contributed by atoms with Crippen molar-refractivity contribution in [2.45, 2.75) is 64.6 Å². The monoisotopic (exact) mass is 288 g/mol. The lowest BCUT2D eigenvalue weighted by Crippen LogP contribution is -2.18. The third-order valence-corrected chi connectivity index (χ3v) is 3.99. The predicted molar refractivity (Wildman–Crippen MR) is 88.5 cm³/mol. The van der Waals surface area contributed by atoms with Gasteiger partial charge in [-0.2, -0.15) is 0 Å². The number of rotatable bonds is 3. The SMILES string of the molecule is C=CNC1NC1c1cc(C(C)(C)C)c(O)c(C(C)(C)C)c1. The fourth-order valence-electron chi connectivity index (χ4n) is 2.68. The molecular weight excluding hydrogens is 260 g/mol. The summed E-state index contributed by atoms with van der Waals surface area (Å²) in [7, 11) is 0. The maximum absolute atomic E-state index is 10.7. The molecule has 1 fully saturated rings. The van der Waals surface area contributed by atoms with Crippen molar-refractivity contribution in [3.63, 3.8) is 0 Å². The van der Waals surface area contributed by atoms with Crippen LogP contribution < -0.4 is 10.6 Å². The second-order valence-electron chi connectivity index (χ2n) is 7.96. The normalized spacial score (nSPS) is 22.0. The van der Waals surface area contributed by atoms with Gasteiger partial charge in [-0.3, -0.25) is 5.32 Å². The van der Waals surface area contributed by atoms with Gasteiger partial charge in [0.1, 0.15) is 5.75 Å². The van der Waals surface area contributed by atoms with Crippen LogP contribution in [0.3, 0.4) is 0 Å². The summed E-state index contributed by atoms with van der Waals surface area (Å²) < 4.78 is 0. The van der Waals surface area contributed by atoms with Crippen LogP contribution in [0.15, 0.2) is 24.9 Å². The number of benzene rings is 1. The Morgan fingerprint density at radius 2 is 1.57 bits per heavy atom. The molecule has 1 aliphatic rings. The summed E-state index contributed by atoms with van der Waals surface area (Å²) in [5.74, 6) is 0.438. The Kier molecular flexibility index (Phi) is 3.83. The summed E-state index contributed by atoms with van der Waals surface area (Å²) in [4.78, 5) is 0. The predicted octanol–water partition coefficient (Wildman–Crippen LogP) is 3.69. The van der Waals surface area contributed by atoms with Crippen molar-refractivity contribution in [1.29, 1.82) is 0 Å². The number of nitrogens with one attached hydrogen (secondary N) is 2. The Morgan fingerprint density at radius 3 is 1.95 bits per heavy atom. The van der Waals surface area contributed by atoms with Gasteiger partial charge in [0, 0.05) is 0 Å². The van der Waals surface area contributed by atoms with E-state index in [1.807, 2.05) is 0 Å². The highest BCUT2D eigenvalue weighted by atomic mass is 16.3. The summed E-state index contributed by atoms with van der Waals surface area (Å²) in [6.07, 6.45) is 1.96. The molecule has 2 rings (SSSR count). The lowest BCUT2D eigenvalue weighted by atomic mass is 9.78. The lowest BCUT2D eigenvalue weighted by molar-refractivity contribution is 0.422. The van der Waals surface area contributed by atoms with E-state index in [9.17, 15) is 5.11 Å². The molecule has 3 N–H and O–H groups in total. The molecule has 1 aromatic carbocycles. The van der Waals surface area contributed by atoms with E-state index in [2.05, 4.69) is 70.9 Å². The minimum absolute atomic E-state index is 0.0870. The molecule has 3 nitrogen and oxygen atoms in total. The molecule has 21 heavy (non-hydrogen) atoms. The molecular formula is C18H28N2O. The van der Waals surface area contributed by atoms with Crippen molar-refractivity contribution in [3.8, 4) is 5.75 Å². The summed E-state index contributed by atoms with van der Waals surface area (Å²) in [5.41, 5.74) is 3.07. The average molecular weight is 288 g/mol. The molecule has 0 amide bonds. The summed E-state index contributed by atoms with van der Waals surface area (Å²) in [6.45, 7) is 16.5. The van der Waals surface area contributed by atoms with Gasteiger partial charge in [0.25, 0.3) is 0 Å². The van der Waals surface area contributed by atoms with E-state index >= 15 is 0 Å². The zero-order valence-corrected chi connectivity index (χ0v) is 14.0. The van der Waals surface area contributed by atoms with Gasteiger partial charge in [-0.05, 0) is 45.9 Å². The van der Waals surface area contributed by atoms with Gasteiger partial charge in [-0.1, -0.05) is 48.1 Å². The van der Waals surface area contributed by atoms with Crippen molar-refractivity contribution < 1.29 is 5.11 Å². The smallest absolute Gasteiger partial charge is 0.123 e. The van der Waals surface area contributed by atoms with Gasteiger partial charge in [0.15, 0.2) is 0 Å². The maximum atomic E-state index is 10.7. The zero-order chi connectivity index (χ0) is 16.0. The molecule has 3 heteroatoms. The molecule has 2 atom stereocenters. The Labute approximate surface area is 128 Å². The number of aromatic hydroxyl groups is 1. The van der Waals surface area contributed by atoms with Gasteiger partial charge in [-0.25, -0.2) is 0 Å². The summed E-state index contributed by atoms with van der Waals surface area (Å²) in [5, 5.41) is 17.3. The van der Waals surface area contributed by atoms with Crippen molar-refractivity contribution in [3.05, 3.63) is 41.6 Å². The molecule has 0 radical (unpaired) electrons. The largest absolute Gasteiger partial charge is 0.507 e. The van der Waals surface area contributed by atoms with Crippen LogP contribution in [0.1, 0.15) is 64.3 Å². The Morgan fingerprint density at radius 1 is 1.10 bits per heavy atom. The van der Waals surface area contributed by atoms with E-state index in [1.165, 1.54) is 5.56 Å². The third-order valence-electron chi connectivity index (χ3n) is 3.99. The molecule has 0 aliphatic carbocycles. The summed E-state index contributed by atoms with van der Waals surface area (Å²) in [6, 6.07) is 4.55. The third kappa shape index (κ3) is 3.24. The van der Waals surface area contributed by atoms with Crippen molar-refractivity contribution in [1.82, 2.24) is 10.6 Å². The van der Waals surface area contributed by atoms with E-state index in [4.69, 9.17) is 0 Å². The molecule has 0 aromatic heterocycles. The van der Waals surface area contributed by atoms with Crippen LogP contribution in [-0.4, -0.2) is 11.3 Å². The van der Waals surface area contributed by atoms with Crippen molar-refractivity contribution in [2.24, 2.45) is 0 Å². The standard InChI is InChI=1S/C18H28N2O/c1-8-19-16-14(20-16)11-9-12(17(2,3)4)15(21)13(10-11)18(5,6)7/h8-10,14,16,19-21H,1H2,2-7H3. The van der Waals surface area contributed by atoms with Crippen LogP contribution in [0.25, 0.3) is 0 Å². The molecule has 0 bridgehead atoms. The minimum Gasteiger partial charge on any atom is -0.507 e. The first kappa shape index (κ1) is 15.9. The van der Waals surface area contributed by atoms with Crippen LogP contribution in [-0.2, 0) is 10.8 Å². The average Bonchev–Trinajstić information content (AvgIpc) is 3.06. The fourth-order valence-corrected chi connectivity index (χ4v) is 2.68. The van der Waals surface area contributed by atoms with E-state index in [0.29, 0.717) is 5.75 Å².